The van der Waals surface area contributed by atoms with Crippen LogP contribution in [-0.4, -0.2) is 35.0 Å². The minimum Gasteiger partial charge on any atom is -0.481 e. The number of amides is 1. The molecule has 2 rings (SSSR count). The fourth-order valence-corrected chi connectivity index (χ4v) is 2.46. The highest BCUT2D eigenvalue weighted by Gasteiger charge is 2.42. The fraction of sp³-hybridized carbons (Fsp3) is 0.467. The smallest absolute Gasteiger partial charge is 0.311 e. The van der Waals surface area contributed by atoms with Crippen molar-refractivity contribution in [3.63, 3.8) is 0 Å². The van der Waals surface area contributed by atoms with E-state index in [2.05, 4.69) is 0 Å². The lowest BCUT2D eigenvalue weighted by molar-refractivity contribution is -0.147. The highest BCUT2D eigenvalue weighted by molar-refractivity contribution is 5.96. The van der Waals surface area contributed by atoms with Gasteiger partial charge in [-0.25, -0.2) is 0 Å². The van der Waals surface area contributed by atoms with E-state index in [0.29, 0.717) is 18.5 Å². The topological polar surface area (TPSA) is 57.6 Å². The molecule has 1 unspecified atom stereocenters. The third-order valence-electron chi connectivity index (χ3n) is 4.11. The summed E-state index contributed by atoms with van der Waals surface area (Å²) >= 11 is 0. The number of carbonyl (C=O) groups is 2. The van der Waals surface area contributed by atoms with E-state index in [4.69, 9.17) is 0 Å². The summed E-state index contributed by atoms with van der Waals surface area (Å²) in [4.78, 5) is 25.3. The van der Waals surface area contributed by atoms with Crippen LogP contribution >= 0.6 is 0 Å². The van der Waals surface area contributed by atoms with E-state index in [1.807, 2.05) is 26.0 Å². The van der Waals surface area contributed by atoms with Crippen molar-refractivity contribution in [2.45, 2.75) is 27.2 Å². The molecule has 0 aromatic heterocycles. The Bertz CT molecular complexity index is 538. The molecule has 1 N–H and O–H groups in total. The third kappa shape index (κ3) is 2.35. The molecule has 1 aromatic rings. The number of aryl methyl sites for hydroxylation is 1. The molecule has 19 heavy (non-hydrogen) atoms. The molecule has 102 valence electrons. The number of hydrogen-bond donors (Lipinski definition) is 1. The number of benzene rings is 1. The van der Waals surface area contributed by atoms with Crippen molar-refractivity contribution >= 4 is 11.9 Å². The zero-order valence-electron chi connectivity index (χ0n) is 11.6. The van der Waals surface area contributed by atoms with E-state index >= 15 is 0 Å². The second-order valence-corrected chi connectivity index (χ2v) is 5.59. The van der Waals surface area contributed by atoms with Gasteiger partial charge in [-0.3, -0.25) is 9.59 Å². The van der Waals surface area contributed by atoms with Gasteiger partial charge in [0.25, 0.3) is 5.91 Å². The quantitative estimate of drug-likeness (QED) is 0.888. The maximum absolute atomic E-state index is 12.5. The molecule has 1 aliphatic heterocycles. The number of carboxylic acid groups (broad SMARTS) is 1. The zero-order valence-corrected chi connectivity index (χ0v) is 11.6. The van der Waals surface area contributed by atoms with Crippen LogP contribution in [0, 0.1) is 19.3 Å². The van der Waals surface area contributed by atoms with E-state index in [9.17, 15) is 14.7 Å². The Labute approximate surface area is 113 Å². The molecule has 4 nitrogen and oxygen atoms in total. The molecule has 1 aliphatic rings. The first kappa shape index (κ1) is 13.6. The summed E-state index contributed by atoms with van der Waals surface area (Å²) in [7, 11) is 0. The van der Waals surface area contributed by atoms with Crippen molar-refractivity contribution in [3.05, 3.63) is 34.9 Å². The highest BCUT2D eigenvalue weighted by Crippen LogP contribution is 2.31. The molecule has 0 bridgehead atoms. The monoisotopic (exact) mass is 261 g/mol. The van der Waals surface area contributed by atoms with Gasteiger partial charge in [0.05, 0.1) is 5.41 Å². The molecule has 4 heteroatoms. The van der Waals surface area contributed by atoms with Crippen LogP contribution < -0.4 is 0 Å². The van der Waals surface area contributed by atoms with Gasteiger partial charge in [0.15, 0.2) is 0 Å². The Morgan fingerprint density at radius 3 is 2.58 bits per heavy atom. The highest BCUT2D eigenvalue weighted by atomic mass is 16.4. The molecule has 1 aromatic carbocycles. The van der Waals surface area contributed by atoms with Crippen LogP contribution in [0.4, 0.5) is 0 Å². The number of hydrogen-bond acceptors (Lipinski definition) is 2. The van der Waals surface area contributed by atoms with E-state index in [1.165, 1.54) is 0 Å². The van der Waals surface area contributed by atoms with Crippen molar-refractivity contribution in [1.29, 1.82) is 0 Å². The lowest BCUT2D eigenvalue weighted by Gasteiger charge is -2.21. The van der Waals surface area contributed by atoms with Crippen LogP contribution in [0.1, 0.15) is 34.8 Å². The van der Waals surface area contributed by atoms with Gasteiger partial charge in [-0.2, -0.15) is 0 Å². The van der Waals surface area contributed by atoms with Crippen molar-refractivity contribution in [2.75, 3.05) is 13.1 Å². The van der Waals surface area contributed by atoms with Gasteiger partial charge < -0.3 is 10.0 Å². The predicted molar refractivity (Wildman–Crippen MR) is 72.2 cm³/mol. The summed E-state index contributed by atoms with van der Waals surface area (Å²) < 4.78 is 0. The maximum atomic E-state index is 12.5. The Balaban J connectivity index is 2.23. The standard InChI is InChI=1S/C15H19NO3/c1-10-5-4-6-12(11(10)2)13(17)16-8-7-15(3,9-16)14(18)19/h4-6H,7-9H2,1-3H3,(H,18,19). The van der Waals surface area contributed by atoms with Gasteiger partial charge in [-0.05, 0) is 44.4 Å². The second-order valence-electron chi connectivity index (χ2n) is 5.59. The molecule has 0 aliphatic carbocycles. The van der Waals surface area contributed by atoms with Crippen LogP contribution in [-0.2, 0) is 4.79 Å². The first-order valence-electron chi connectivity index (χ1n) is 6.44. The predicted octanol–water partition coefficient (Wildman–Crippen LogP) is 2.24. The molecule has 0 saturated carbocycles. The average molecular weight is 261 g/mol. The first-order valence-corrected chi connectivity index (χ1v) is 6.44. The zero-order chi connectivity index (χ0) is 14.2. The largest absolute Gasteiger partial charge is 0.481 e. The summed E-state index contributed by atoms with van der Waals surface area (Å²) in [6, 6.07) is 5.64. The van der Waals surface area contributed by atoms with Gasteiger partial charge in [0.2, 0.25) is 0 Å². The van der Waals surface area contributed by atoms with Crippen molar-refractivity contribution in [3.8, 4) is 0 Å². The summed E-state index contributed by atoms with van der Waals surface area (Å²) in [6.07, 6.45) is 0.513. The SMILES string of the molecule is Cc1cccc(C(=O)N2CCC(C)(C(=O)O)C2)c1C. The van der Waals surface area contributed by atoms with E-state index in [0.717, 1.165) is 11.1 Å². The Hall–Kier alpha value is -1.84. The summed E-state index contributed by atoms with van der Waals surface area (Å²) in [6.45, 7) is 6.39. The van der Waals surface area contributed by atoms with Crippen LogP contribution in [0.25, 0.3) is 0 Å². The molecular formula is C15H19NO3. The van der Waals surface area contributed by atoms with E-state index < -0.39 is 11.4 Å². The van der Waals surface area contributed by atoms with E-state index in [-0.39, 0.29) is 12.5 Å². The second kappa shape index (κ2) is 4.68. The summed E-state index contributed by atoms with van der Waals surface area (Å²) in [5.41, 5.74) is 1.91. The van der Waals surface area contributed by atoms with Gasteiger partial charge >= 0.3 is 5.97 Å². The molecule has 1 amide bonds. The van der Waals surface area contributed by atoms with Crippen molar-refractivity contribution < 1.29 is 14.7 Å². The van der Waals surface area contributed by atoms with Crippen LogP contribution in [0.15, 0.2) is 18.2 Å². The Morgan fingerprint density at radius 2 is 2.00 bits per heavy atom. The summed E-state index contributed by atoms with van der Waals surface area (Å²) in [5.74, 6) is -0.894. The lowest BCUT2D eigenvalue weighted by Crippen LogP contribution is -2.35. The first-order chi connectivity index (χ1) is 8.85. The molecule has 1 saturated heterocycles. The van der Waals surface area contributed by atoms with Crippen molar-refractivity contribution in [2.24, 2.45) is 5.41 Å². The Kier molecular flexibility index (Phi) is 3.35. The molecule has 0 radical (unpaired) electrons. The molecular weight excluding hydrogens is 242 g/mol. The molecule has 0 spiro atoms. The lowest BCUT2D eigenvalue weighted by atomic mass is 9.90. The summed E-state index contributed by atoms with van der Waals surface area (Å²) in [5, 5.41) is 9.20. The third-order valence-corrected chi connectivity index (χ3v) is 4.11. The number of carbonyl (C=O) groups excluding carboxylic acids is 1. The number of carboxylic acids is 1. The normalized spacial score (nSPS) is 22.6. The van der Waals surface area contributed by atoms with Crippen molar-refractivity contribution in [1.82, 2.24) is 4.90 Å². The fourth-order valence-electron chi connectivity index (χ4n) is 2.46. The average Bonchev–Trinajstić information content (AvgIpc) is 2.76. The van der Waals surface area contributed by atoms with Gasteiger partial charge in [-0.1, -0.05) is 12.1 Å². The minimum absolute atomic E-state index is 0.0637. The van der Waals surface area contributed by atoms with Crippen LogP contribution in [0.2, 0.25) is 0 Å². The number of nitrogens with zero attached hydrogens (tertiary/aromatic N) is 1. The Morgan fingerprint density at radius 1 is 1.32 bits per heavy atom. The maximum Gasteiger partial charge on any atom is 0.311 e. The number of rotatable bonds is 2. The minimum atomic E-state index is -0.830. The van der Waals surface area contributed by atoms with Crippen LogP contribution in [0.3, 0.4) is 0 Å². The van der Waals surface area contributed by atoms with Crippen LogP contribution in [0.5, 0.6) is 0 Å². The molecule has 1 atom stereocenters. The van der Waals surface area contributed by atoms with Gasteiger partial charge in [0, 0.05) is 18.7 Å². The molecule has 1 heterocycles. The van der Waals surface area contributed by atoms with Gasteiger partial charge in [-0.15, -0.1) is 0 Å². The number of likely N-dealkylation sites (tertiary alicyclic amines) is 1. The van der Waals surface area contributed by atoms with Gasteiger partial charge in [0.1, 0.15) is 0 Å². The molecule has 1 fully saturated rings. The van der Waals surface area contributed by atoms with E-state index in [1.54, 1.807) is 17.9 Å². The number of aliphatic carboxylic acids is 1.